The van der Waals surface area contributed by atoms with E-state index in [2.05, 4.69) is 20.7 Å². The highest BCUT2D eigenvalue weighted by atomic mass is 16.1. The van der Waals surface area contributed by atoms with Crippen LogP contribution in [0, 0.1) is 6.92 Å². The minimum atomic E-state index is -0.239. The van der Waals surface area contributed by atoms with Crippen LogP contribution in [0.25, 0.3) is 0 Å². The van der Waals surface area contributed by atoms with Gasteiger partial charge in [0.15, 0.2) is 0 Å². The summed E-state index contributed by atoms with van der Waals surface area (Å²) in [4.78, 5) is 20.7. The number of amides is 1. The van der Waals surface area contributed by atoms with E-state index < -0.39 is 0 Å². The summed E-state index contributed by atoms with van der Waals surface area (Å²) >= 11 is 0. The number of nitrogens with one attached hydrogen (secondary N) is 2. The first-order valence-corrected chi connectivity index (χ1v) is 6.35. The highest BCUT2D eigenvalue weighted by molar-refractivity contribution is 6.04. The van der Waals surface area contributed by atoms with Crippen LogP contribution in [0.4, 0.5) is 11.6 Å². The molecule has 2 aromatic rings. The zero-order valence-corrected chi connectivity index (χ0v) is 11.5. The van der Waals surface area contributed by atoms with Crippen LogP contribution in [0.5, 0.6) is 0 Å². The largest absolute Gasteiger partial charge is 0.308 e. The summed E-state index contributed by atoms with van der Waals surface area (Å²) in [6.45, 7) is 3.83. The van der Waals surface area contributed by atoms with Gasteiger partial charge in [0.25, 0.3) is 5.91 Å². The topological polar surface area (TPSA) is 92.9 Å². The molecule has 0 saturated carbocycles. The minimum Gasteiger partial charge on any atom is -0.308 e. The summed E-state index contributed by atoms with van der Waals surface area (Å²) in [6, 6.07) is 8.80. The number of rotatable bonds is 4. The molecule has 0 fully saturated rings. The van der Waals surface area contributed by atoms with Crippen molar-refractivity contribution in [3.05, 3.63) is 47.3 Å². The van der Waals surface area contributed by atoms with Crippen molar-refractivity contribution >= 4 is 17.5 Å². The SMILES string of the molecule is CCc1cc(C(=O)Nc2cccc(C)n2)cc(NN)n1. The molecule has 0 aliphatic carbocycles. The number of carbonyl (C=O) groups is 1. The normalized spacial score (nSPS) is 10.2. The number of carbonyl (C=O) groups excluding carboxylic acids is 1. The summed E-state index contributed by atoms with van der Waals surface area (Å²) in [6.07, 6.45) is 0.721. The molecule has 0 radical (unpaired) electrons. The molecule has 0 bridgehead atoms. The highest BCUT2D eigenvalue weighted by Crippen LogP contribution is 2.13. The number of pyridine rings is 2. The summed E-state index contributed by atoms with van der Waals surface area (Å²) in [5, 5.41) is 2.76. The third-order valence-electron chi connectivity index (χ3n) is 2.78. The Hall–Kier alpha value is -2.47. The molecule has 4 N–H and O–H groups in total. The summed E-state index contributed by atoms with van der Waals surface area (Å²) in [7, 11) is 0. The van der Waals surface area contributed by atoms with Gasteiger partial charge in [0.2, 0.25) is 0 Å². The fourth-order valence-electron chi connectivity index (χ4n) is 1.78. The first-order valence-electron chi connectivity index (χ1n) is 6.35. The molecule has 20 heavy (non-hydrogen) atoms. The minimum absolute atomic E-state index is 0.239. The second-order valence-corrected chi connectivity index (χ2v) is 4.35. The van der Waals surface area contributed by atoms with Crippen molar-refractivity contribution in [1.29, 1.82) is 0 Å². The van der Waals surface area contributed by atoms with Crippen LogP contribution in [0.15, 0.2) is 30.3 Å². The van der Waals surface area contributed by atoms with E-state index in [0.717, 1.165) is 17.8 Å². The Labute approximate surface area is 117 Å². The molecule has 2 aromatic heterocycles. The fraction of sp³-hybridized carbons (Fsp3) is 0.214. The van der Waals surface area contributed by atoms with Crippen LogP contribution < -0.4 is 16.6 Å². The van der Waals surface area contributed by atoms with Crippen LogP contribution in [0.2, 0.25) is 0 Å². The van der Waals surface area contributed by atoms with E-state index in [0.29, 0.717) is 17.2 Å². The van der Waals surface area contributed by atoms with Gasteiger partial charge in [-0.3, -0.25) is 4.79 Å². The van der Waals surface area contributed by atoms with Crippen molar-refractivity contribution in [2.24, 2.45) is 5.84 Å². The molecule has 2 rings (SSSR count). The van der Waals surface area contributed by atoms with Gasteiger partial charge in [0.1, 0.15) is 11.6 Å². The van der Waals surface area contributed by atoms with Gasteiger partial charge in [0, 0.05) is 17.0 Å². The number of hydrogen-bond acceptors (Lipinski definition) is 5. The van der Waals surface area contributed by atoms with E-state index in [1.54, 1.807) is 18.2 Å². The van der Waals surface area contributed by atoms with Crippen molar-refractivity contribution in [1.82, 2.24) is 9.97 Å². The van der Waals surface area contributed by atoms with Crippen molar-refractivity contribution in [3.8, 4) is 0 Å². The van der Waals surface area contributed by atoms with E-state index in [1.807, 2.05) is 26.0 Å². The molecule has 0 saturated heterocycles. The van der Waals surface area contributed by atoms with E-state index >= 15 is 0 Å². The lowest BCUT2D eigenvalue weighted by molar-refractivity contribution is 0.102. The van der Waals surface area contributed by atoms with Crippen LogP contribution in [0.1, 0.15) is 28.7 Å². The molecule has 0 spiro atoms. The molecule has 6 nitrogen and oxygen atoms in total. The molecule has 0 aliphatic rings. The Morgan fingerprint density at radius 3 is 2.70 bits per heavy atom. The summed E-state index contributed by atoms with van der Waals surface area (Å²) in [5.41, 5.74) is 4.59. The molecule has 0 aliphatic heterocycles. The molecule has 2 heterocycles. The maximum atomic E-state index is 12.2. The highest BCUT2D eigenvalue weighted by Gasteiger charge is 2.10. The van der Waals surface area contributed by atoms with Crippen molar-refractivity contribution < 1.29 is 4.79 Å². The maximum Gasteiger partial charge on any atom is 0.257 e. The lowest BCUT2D eigenvalue weighted by Gasteiger charge is -2.08. The Morgan fingerprint density at radius 1 is 1.25 bits per heavy atom. The standard InChI is InChI=1S/C14H17N5O/c1-3-11-7-10(8-13(17-11)19-15)14(20)18-12-6-4-5-9(2)16-12/h4-8H,3,15H2,1-2H3,(H,17,19)(H,16,18,20). The van der Waals surface area contributed by atoms with Crippen molar-refractivity contribution in [3.63, 3.8) is 0 Å². The van der Waals surface area contributed by atoms with Crippen LogP contribution >= 0.6 is 0 Å². The monoisotopic (exact) mass is 271 g/mol. The van der Waals surface area contributed by atoms with Crippen LogP contribution in [0.3, 0.4) is 0 Å². The van der Waals surface area contributed by atoms with Crippen LogP contribution in [-0.2, 0) is 6.42 Å². The molecule has 104 valence electrons. The third kappa shape index (κ3) is 3.30. The molecule has 6 heteroatoms. The number of nitrogen functional groups attached to an aromatic ring is 1. The zero-order chi connectivity index (χ0) is 14.5. The quantitative estimate of drug-likeness (QED) is 0.583. The van der Waals surface area contributed by atoms with Gasteiger partial charge in [-0.2, -0.15) is 0 Å². The second kappa shape index (κ2) is 6.12. The van der Waals surface area contributed by atoms with Gasteiger partial charge in [-0.05, 0) is 37.6 Å². The van der Waals surface area contributed by atoms with Gasteiger partial charge in [-0.1, -0.05) is 13.0 Å². The van der Waals surface area contributed by atoms with E-state index in [4.69, 9.17) is 5.84 Å². The Bertz CT molecular complexity index is 604. The van der Waals surface area contributed by atoms with Gasteiger partial charge in [-0.25, -0.2) is 15.8 Å². The molecular weight excluding hydrogens is 254 g/mol. The average molecular weight is 271 g/mol. The lowest BCUT2D eigenvalue weighted by Crippen LogP contribution is -2.16. The predicted molar refractivity (Wildman–Crippen MR) is 78.4 cm³/mol. The van der Waals surface area contributed by atoms with Gasteiger partial charge in [0.05, 0.1) is 0 Å². The first-order chi connectivity index (χ1) is 9.62. The molecular formula is C14H17N5O. The lowest BCUT2D eigenvalue weighted by atomic mass is 10.2. The average Bonchev–Trinajstić information content (AvgIpc) is 2.46. The number of aryl methyl sites for hydroxylation is 2. The van der Waals surface area contributed by atoms with E-state index in [-0.39, 0.29) is 5.91 Å². The van der Waals surface area contributed by atoms with E-state index in [1.165, 1.54) is 0 Å². The number of nitrogens with two attached hydrogens (primary N) is 1. The second-order valence-electron chi connectivity index (χ2n) is 4.35. The molecule has 0 unspecified atom stereocenters. The van der Waals surface area contributed by atoms with Crippen molar-refractivity contribution in [2.75, 3.05) is 10.7 Å². The summed E-state index contributed by atoms with van der Waals surface area (Å²) < 4.78 is 0. The third-order valence-corrected chi connectivity index (χ3v) is 2.78. The molecule has 0 atom stereocenters. The Kier molecular flexibility index (Phi) is 4.27. The number of hydrogen-bond donors (Lipinski definition) is 3. The predicted octanol–water partition coefficient (Wildman–Crippen LogP) is 1.89. The Balaban J connectivity index is 2.24. The maximum absolute atomic E-state index is 12.2. The Morgan fingerprint density at radius 2 is 2.05 bits per heavy atom. The van der Waals surface area contributed by atoms with Crippen molar-refractivity contribution in [2.45, 2.75) is 20.3 Å². The smallest absolute Gasteiger partial charge is 0.257 e. The first kappa shape index (κ1) is 14.0. The van der Waals surface area contributed by atoms with E-state index in [9.17, 15) is 4.79 Å². The van der Waals surface area contributed by atoms with Gasteiger partial charge < -0.3 is 10.7 Å². The fourth-order valence-corrected chi connectivity index (χ4v) is 1.78. The van der Waals surface area contributed by atoms with Crippen LogP contribution in [-0.4, -0.2) is 15.9 Å². The number of hydrazine groups is 1. The summed E-state index contributed by atoms with van der Waals surface area (Å²) in [5.74, 6) is 6.10. The van der Waals surface area contributed by atoms with Gasteiger partial charge >= 0.3 is 0 Å². The number of aromatic nitrogens is 2. The van der Waals surface area contributed by atoms with Gasteiger partial charge in [-0.15, -0.1) is 0 Å². The zero-order valence-electron chi connectivity index (χ0n) is 11.5. The molecule has 1 amide bonds. The number of anilines is 2. The molecule has 0 aromatic carbocycles. The number of nitrogens with zero attached hydrogens (tertiary/aromatic N) is 2.